The van der Waals surface area contributed by atoms with Crippen LogP contribution in [0.25, 0.3) is 17.0 Å². The number of fused-ring (bicyclic) bond motifs is 1. The Labute approximate surface area is 176 Å². The van der Waals surface area contributed by atoms with Crippen LogP contribution in [0.15, 0.2) is 62.6 Å². The molecule has 8 heteroatoms. The zero-order valence-electron chi connectivity index (χ0n) is 16.3. The van der Waals surface area contributed by atoms with Crippen LogP contribution in [0.4, 0.5) is 10.5 Å². The Morgan fingerprint density at radius 1 is 1.07 bits per heavy atom. The molecule has 152 valence electrons. The Kier molecular flexibility index (Phi) is 5.09. The fraction of sp³-hybridized carbons (Fsp3) is 0.136. The predicted molar refractivity (Wildman–Crippen MR) is 116 cm³/mol. The van der Waals surface area contributed by atoms with Gasteiger partial charge in [-0.25, -0.2) is 4.79 Å². The van der Waals surface area contributed by atoms with Gasteiger partial charge in [-0.1, -0.05) is 12.1 Å². The smallest absolute Gasteiger partial charge is 0.336 e. The first-order chi connectivity index (χ1) is 14.3. The monoisotopic (exact) mass is 422 g/mol. The highest BCUT2D eigenvalue weighted by molar-refractivity contribution is 8.18. The van der Waals surface area contributed by atoms with Gasteiger partial charge < -0.3 is 14.4 Å². The largest absolute Gasteiger partial charge is 0.508 e. The average Bonchev–Trinajstić information content (AvgIpc) is 2.95. The van der Waals surface area contributed by atoms with Crippen LogP contribution in [-0.2, 0) is 11.3 Å². The molecule has 0 aliphatic carbocycles. The third kappa shape index (κ3) is 3.81. The van der Waals surface area contributed by atoms with Crippen LogP contribution in [-0.4, -0.2) is 35.2 Å². The quantitative estimate of drug-likeness (QED) is 0.505. The van der Waals surface area contributed by atoms with Crippen LogP contribution in [0.1, 0.15) is 11.1 Å². The molecule has 7 nitrogen and oxygen atoms in total. The van der Waals surface area contributed by atoms with Crippen molar-refractivity contribution >= 4 is 45.6 Å². The highest BCUT2D eigenvalue weighted by Crippen LogP contribution is 2.34. The van der Waals surface area contributed by atoms with Gasteiger partial charge in [0.15, 0.2) is 0 Å². The van der Waals surface area contributed by atoms with Crippen LogP contribution < -0.4 is 10.5 Å². The van der Waals surface area contributed by atoms with Gasteiger partial charge >= 0.3 is 5.63 Å². The molecule has 1 aliphatic rings. The van der Waals surface area contributed by atoms with E-state index in [0.29, 0.717) is 15.9 Å². The van der Waals surface area contributed by atoms with Crippen LogP contribution >= 0.6 is 11.8 Å². The highest BCUT2D eigenvalue weighted by Gasteiger charge is 2.35. The number of hydrogen-bond acceptors (Lipinski definition) is 7. The fourth-order valence-electron chi connectivity index (χ4n) is 3.18. The summed E-state index contributed by atoms with van der Waals surface area (Å²) in [4.78, 5) is 40.6. The highest BCUT2D eigenvalue weighted by atomic mass is 32.2. The number of carbonyl (C=O) groups is 2. The lowest BCUT2D eigenvalue weighted by molar-refractivity contribution is -0.123. The van der Waals surface area contributed by atoms with Gasteiger partial charge in [-0.05, 0) is 53.2 Å². The second kappa shape index (κ2) is 7.72. The Bertz CT molecular complexity index is 1240. The van der Waals surface area contributed by atoms with Gasteiger partial charge in [-0.3, -0.25) is 14.5 Å². The minimum atomic E-state index is -0.619. The number of amides is 2. The maximum atomic E-state index is 12.8. The summed E-state index contributed by atoms with van der Waals surface area (Å²) in [5, 5.41) is 9.75. The Balaban J connectivity index is 1.62. The molecule has 4 rings (SSSR count). The van der Waals surface area contributed by atoms with Crippen molar-refractivity contribution in [3.05, 3.63) is 75.0 Å². The van der Waals surface area contributed by atoms with E-state index in [2.05, 4.69) is 0 Å². The van der Waals surface area contributed by atoms with Gasteiger partial charge in [0.2, 0.25) is 0 Å². The lowest BCUT2D eigenvalue weighted by Gasteiger charge is -2.14. The lowest BCUT2D eigenvalue weighted by Crippen LogP contribution is -2.28. The van der Waals surface area contributed by atoms with Gasteiger partial charge in [-0.2, -0.15) is 0 Å². The van der Waals surface area contributed by atoms with Crippen molar-refractivity contribution < 1.29 is 19.1 Å². The summed E-state index contributed by atoms with van der Waals surface area (Å²) in [5.74, 6) is -0.459. The van der Waals surface area contributed by atoms with E-state index in [1.165, 1.54) is 18.2 Å². The minimum Gasteiger partial charge on any atom is -0.508 e. The van der Waals surface area contributed by atoms with Crippen LogP contribution in [0, 0.1) is 0 Å². The summed E-state index contributed by atoms with van der Waals surface area (Å²) in [6, 6.07) is 13.2. The molecular weight excluding hydrogens is 404 g/mol. The minimum absolute atomic E-state index is 0.0443. The first-order valence-electron chi connectivity index (χ1n) is 9.10. The second-order valence-corrected chi connectivity index (χ2v) is 8.02. The van der Waals surface area contributed by atoms with Gasteiger partial charge in [0.1, 0.15) is 11.3 Å². The van der Waals surface area contributed by atoms with Crippen molar-refractivity contribution in [1.82, 2.24) is 4.90 Å². The molecule has 0 radical (unpaired) electrons. The number of hydrogen-bond donors (Lipinski definition) is 1. The number of nitrogens with zero attached hydrogens (tertiary/aromatic N) is 2. The SMILES string of the molecule is CN(C)c1ccc(/C=C2\SC(=O)N(Cc3cc(=O)oc4cc(O)ccc34)C2=O)cc1. The number of benzene rings is 2. The molecule has 3 aromatic rings. The number of aromatic hydroxyl groups is 1. The number of thioether (sulfide) groups is 1. The van der Waals surface area contributed by atoms with Crippen LogP contribution in [0.3, 0.4) is 0 Å². The number of imide groups is 1. The second-order valence-electron chi connectivity index (χ2n) is 7.02. The maximum Gasteiger partial charge on any atom is 0.336 e. The number of rotatable bonds is 4. The van der Waals surface area contributed by atoms with E-state index in [-0.39, 0.29) is 17.9 Å². The summed E-state index contributed by atoms with van der Waals surface area (Å²) >= 11 is 0.865. The van der Waals surface area contributed by atoms with E-state index in [9.17, 15) is 19.5 Å². The molecule has 1 saturated heterocycles. The molecule has 0 unspecified atom stereocenters. The summed E-state index contributed by atoms with van der Waals surface area (Å²) in [6.45, 7) is -0.0611. The predicted octanol–water partition coefficient (Wildman–Crippen LogP) is 3.80. The molecular formula is C22H18N2O5S. The number of anilines is 1. The molecule has 2 aromatic carbocycles. The molecule has 0 bridgehead atoms. The van der Waals surface area contributed by atoms with E-state index >= 15 is 0 Å². The van der Waals surface area contributed by atoms with E-state index in [1.807, 2.05) is 43.3 Å². The molecule has 1 fully saturated rings. The zero-order valence-corrected chi connectivity index (χ0v) is 17.1. The van der Waals surface area contributed by atoms with Crippen molar-refractivity contribution in [3.63, 3.8) is 0 Å². The first-order valence-corrected chi connectivity index (χ1v) is 9.92. The van der Waals surface area contributed by atoms with Crippen molar-refractivity contribution in [2.45, 2.75) is 6.54 Å². The average molecular weight is 422 g/mol. The number of carbonyl (C=O) groups excluding carboxylic acids is 2. The molecule has 0 atom stereocenters. The molecule has 1 N–H and O–H groups in total. The van der Waals surface area contributed by atoms with Gasteiger partial charge in [0.25, 0.3) is 11.1 Å². The molecule has 30 heavy (non-hydrogen) atoms. The van der Waals surface area contributed by atoms with Gasteiger partial charge in [0, 0.05) is 37.3 Å². The van der Waals surface area contributed by atoms with Gasteiger partial charge in [0.05, 0.1) is 11.4 Å². The van der Waals surface area contributed by atoms with Crippen LogP contribution in [0.5, 0.6) is 5.75 Å². The summed E-state index contributed by atoms with van der Waals surface area (Å²) in [5.41, 5.74) is 1.89. The van der Waals surface area contributed by atoms with E-state index in [0.717, 1.165) is 27.9 Å². The molecule has 1 aromatic heterocycles. The molecule has 2 amide bonds. The van der Waals surface area contributed by atoms with Crippen molar-refractivity contribution in [2.75, 3.05) is 19.0 Å². The topological polar surface area (TPSA) is 91.1 Å². The maximum absolute atomic E-state index is 12.8. The lowest BCUT2D eigenvalue weighted by atomic mass is 10.1. The number of phenolic OH excluding ortho intramolecular Hbond substituents is 1. The van der Waals surface area contributed by atoms with E-state index in [1.54, 1.807) is 12.1 Å². The standard InChI is InChI=1S/C22H18N2O5S/c1-23(2)15-5-3-13(4-6-15)9-19-21(27)24(22(28)30-19)12-14-10-20(26)29-18-11-16(25)7-8-17(14)18/h3-11,25H,12H2,1-2H3/b19-9-. The van der Waals surface area contributed by atoms with Crippen molar-refractivity contribution in [3.8, 4) is 5.75 Å². The van der Waals surface area contributed by atoms with Crippen molar-refractivity contribution in [1.29, 1.82) is 0 Å². The molecule has 2 heterocycles. The summed E-state index contributed by atoms with van der Waals surface area (Å²) in [7, 11) is 3.88. The Morgan fingerprint density at radius 2 is 1.80 bits per heavy atom. The Morgan fingerprint density at radius 3 is 2.50 bits per heavy atom. The van der Waals surface area contributed by atoms with Crippen LogP contribution in [0.2, 0.25) is 0 Å². The normalized spacial score (nSPS) is 15.4. The zero-order chi connectivity index (χ0) is 21.4. The third-order valence-electron chi connectivity index (χ3n) is 4.72. The first kappa shape index (κ1) is 19.8. The Hall–Kier alpha value is -3.52. The fourth-order valence-corrected chi connectivity index (χ4v) is 4.01. The molecule has 0 saturated carbocycles. The van der Waals surface area contributed by atoms with Crippen molar-refractivity contribution in [2.24, 2.45) is 0 Å². The molecule has 0 spiro atoms. The summed E-state index contributed by atoms with van der Waals surface area (Å²) < 4.78 is 5.10. The third-order valence-corrected chi connectivity index (χ3v) is 5.63. The van der Waals surface area contributed by atoms with E-state index < -0.39 is 16.8 Å². The number of phenols is 1. The van der Waals surface area contributed by atoms with E-state index in [4.69, 9.17) is 4.42 Å². The summed E-state index contributed by atoms with van der Waals surface area (Å²) in [6.07, 6.45) is 1.68. The molecule has 1 aliphatic heterocycles. The van der Waals surface area contributed by atoms with Gasteiger partial charge in [-0.15, -0.1) is 0 Å².